The first-order chi connectivity index (χ1) is 7.95. The molecule has 0 heterocycles. The van der Waals surface area contributed by atoms with Crippen LogP contribution in [0.2, 0.25) is 0 Å². The quantitative estimate of drug-likeness (QED) is 0.612. The highest BCUT2D eigenvalue weighted by Gasteiger charge is 2.18. The Kier molecular flexibility index (Phi) is 3.76. The van der Waals surface area contributed by atoms with Crippen LogP contribution >= 0.6 is 0 Å². The molecule has 0 atom stereocenters. The van der Waals surface area contributed by atoms with Gasteiger partial charge in [-0.15, -0.1) is 0 Å². The van der Waals surface area contributed by atoms with Crippen LogP contribution in [0.5, 0.6) is 0 Å². The number of nitrogens with zero attached hydrogens (tertiary/aromatic N) is 1. The molecule has 0 bridgehead atoms. The van der Waals surface area contributed by atoms with E-state index < -0.39 is 16.6 Å². The maximum atomic E-state index is 11.1. The van der Waals surface area contributed by atoms with E-state index in [1.54, 1.807) is 6.92 Å². The van der Waals surface area contributed by atoms with Gasteiger partial charge < -0.3 is 10.4 Å². The molecule has 17 heavy (non-hydrogen) atoms. The number of benzene rings is 1. The summed E-state index contributed by atoms with van der Waals surface area (Å²) in [5.74, 6) is -1.64. The molecule has 0 unspecified atom stereocenters. The number of rotatable bonds is 4. The maximum Gasteiger partial charge on any atom is 0.335 e. The molecule has 0 saturated carbocycles. The van der Waals surface area contributed by atoms with Crippen LogP contribution < -0.4 is 5.32 Å². The van der Waals surface area contributed by atoms with E-state index in [-0.39, 0.29) is 23.6 Å². The van der Waals surface area contributed by atoms with Gasteiger partial charge in [-0.2, -0.15) is 0 Å². The van der Waals surface area contributed by atoms with E-state index in [1.165, 1.54) is 12.1 Å². The number of carboxylic acids is 1. The van der Waals surface area contributed by atoms with Crippen LogP contribution in [0.3, 0.4) is 0 Å². The van der Waals surface area contributed by atoms with Gasteiger partial charge >= 0.3 is 5.97 Å². The molecule has 90 valence electrons. The van der Waals surface area contributed by atoms with Crippen LogP contribution in [0, 0.1) is 10.1 Å². The second-order valence-corrected chi connectivity index (χ2v) is 3.20. The summed E-state index contributed by atoms with van der Waals surface area (Å²) in [6, 6.07) is 3.31. The van der Waals surface area contributed by atoms with Crippen LogP contribution in [-0.2, 0) is 4.79 Å². The summed E-state index contributed by atoms with van der Waals surface area (Å²) >= 11 is 0. The third kappa shape index (κ3) is 3.00. The van der Waals surface area contributed by atoms with Crippen molar-refractivity contribution >= 4 is 23.3 Å². The molecule has 7 heteroatoms. The number of nitrogens with one attached hydrogen (secondary N) is 1. The van der Waals surface area contributed by atoms with E-state index in [1.807, 2.05) is 0 Å². The number of nitro benzene ring substituents is 1. The van der Waals surface area contributed by atoms with E-state index >= 15 is 0 Å². The molecule has 0 aliphatic heterocycles. The number of hydrogen-bond acceptors (Lipinski definition) is 4. The molecule has 2 N–H and O–H groups in total. The van der Waals surface area contributed by atoms with Crippen molar-refractivity contribution in [3.05, 3.63) is 33.9 Å². The van der Waals surface area contributed by atoms with E-state index in [2.05, 4.69) is 5.32 Å². The highest BCUT2D eigenvalue weighted by atomic mass is 16.6. The van der Waals surface area contributed by atoms with Gasteiger partial charge in [0.05, 0.1) is 10.5 Å². The van der Waals surface area contributed by atoms with Crippen molar-refractivity contribution in [2.75, 3.05) is 5.32 Å². The summed E-state index contributed by atoms with van der Waals surface area (Å²) in [6.07, 6.45) is 0.178. The zero-order valence-corrected chi connectivity index (χ0v) is 8.97. The normalized spacial score (nSPS) is 9.71. The smallest absolute Gasteiger partial charge is 0.335 e. The van der Waals surface area contributed by atoms with E-state index in [9.17, 15) is 19.7 Å². The summed E-state index contributed by atoms with van der Waals surface area (Å²) in [5.41, 5.74) is -0.648. The summed E-state index contributed by atoms with van der Waals surface area (Å²) in [4.78, 5) is 31.8. The lowest BCUT2D eigenvalue weighted by molar-refractivity contribution is -0.384. The highest BCUT2D eigenvalue weighted by molar-refractivity contribution is 5.95. The summed E-state index contributed by atoms with van der Waals surface area (Å²) < 4.78 is 0. The third-order valence-corrected chi connectivity index (χ3v) is 2.04. The Morgan fingerprint density at radius 1 is 1.47 bits per heavy atom. The zero-order valence-electron chi connectivity index (χ0n) is 8.97. The van der Waals surface area contributed by atoms with Gasteiger partial charge in [0.15, 0.2) is 0 Å². The number of hydrogen-bond donors (Lipinski definition) is 2. The second kappa shape index (κ2) is 5.06. The minimum atomic E-state index is -1.26. The van der Waals surface area contributed by atoms with Crippen LogP contribution in [0.1, 0.15) is 23.7 Å². The summed E-state index contributed by atoms with van der Waals surface area (Å²) in [7, 11) is 0. The second-order valence-electron chi connectivity index (χ2n) is 3.20. The average Bonchev–Trinajstić information content (AvgIpc) is 2.28. The molecule has 1 aromatic rings. The number of amides is 1. The molecule has 0 aromatic heterocycles. The minimum Gasteiger partial charge on any atom is -0.478 e. The Hall–Kier alpha value is -2.44. The van der Waals surface area contributed by atoms with Gasteiger partial charge in [0.2, 0.25) is 5.91 Å². The molecule has 1 rings (SSSR count). The molecule has 0 saturated heterocycles. The number of nitro groups is 1. The largest absolute Gasteiger partial charge is 0.478 e. The maximum absolute atomic E-state index is 11.1. The van der Waals surface area contributed by atoms with Gasteiger partial charge in [-0.3, -0.25) is 14.9 Å². The van der Waals surface area contributed by atoms with E-state index in [0.29, 0.717) is 0 Å². The Labute approximate surface area is 96.2 Å². The van der Waals surface area contributed by atoms with Crippen molar-refractivity contribution in [2.24, 2.45) is 0 Å². The average molecular weight is 238 g/mol. The number of carbonyl (C=O) groups excluding carboxylic acids is 1. The van der Waals surface area contributed by atoms with Crippen molar-refractivity contribution in [1.82, 2.24) is 0 Å². The van der Waals surface area contributed by atoms with Gasteiger partial charge in [0.25, 0.3) is 5.69 Å². The van der Waals surface area contributed by atoms with Crippen molar-refractivity contribution in [2.45, 2.75) is 13.3 Å². The van der Waals surface area contributed by atoms with Crippen molar-refractivity contribution < 1.29 is 19.6 Å². The molecule has 0 aliphatic carbocycles. The van der Waals surface area contributed by atoms with Crippen LogP contribution in [-0.4, -0.2) is 21.9 Å². The van der Waals surface area contributed by atoms with Crippen molar-refractivity contribution in [1.29, 1.82) is 0 Å². The first-order valence-electron chi connectivity index (χ1n) is 4.77. The molecule has 0 aliphatic rings. The summed E-state index contributed by atoms with van der Waals surface area (Å²) in [6.45, 7) is 1.60. The number of aromatic carboxylic acids is 1. The van der Waals surface area contributed by atoms with Crippen LogP contribution in [0.4, 0.5) is 11.4 Å². The molecule has 1 aromatic carbocycles. The topological polar surface area (TPSA) is 110 Å². The SMILES string of the molecule is CCC(=O)Nc1ccc(C(=O)O)cc1[N+](=O)[O-]. The fraction of sp³-hybridized carbons (Fsp3) is 0.200. The molecular formula is C10H10N2O5. The lowest BCUT2D eigenvalue weighted by Crippen LogP contribution is -2.11. The Morgan fingerprint density at radius 2 is 2.12 bits per heavy atom. The monoisotopic (exact) mass is 238 g/mol. The van der Waals surface area contributed by atoms with E-state index in [0.717, 1.165) is 6.07 Å². The first-order valence-corrected chi connectivity index (χ1v) is 4.77. The minimum absolute atomic E-state index is 0.00755. The lowest BCUT2D eigenvalue weighted by Gasteiger charge is -2.05. The van der Waals surface area contributed by atoms with Crippen LogP contribution in [0.25, 0.3) is 0 Å². The fourth-order valence-electron chi connectivity index (χ4n) is 1.16. The van der Waals surface area contributed by atoms with Crippen molar-refractivity contribution in [3.8, 4) is 0 Å². The first kappa shape index (κ1) is 12.6. The highest BCUT2D eigenvalue weighted by Crippen LogP contribution is 2.25. The molecule has 0 spiro atoms. The molecule has 0 fully saturated rings. The zero-order chi connectivity index (χ0) is 13.0. The number of carboxylic acid groups (broad SMARTS) is 1. The predicted molar refractivity (Wildman–Crippen MR) is 59.0 cm³/mol. The van der Waals surface area contributed by atoms with Gasteiger partial charge in [-0.25, -0.2) is 4.79 Å². The summed E-state index contributed by atoms with van der Waals surface area (Å²) in [5, 5.41) is 21.8. The number of carbonyl (C=O) groups is 2. The molecular weight excluding hydrogens is 228 g/mol. The molecule has 0 radical (unpaired) electrons. The van der Waals surface area contributed by atoms with Crippen molar-refractivity contribution in [3.63, 3.8) is 0 Å². The Balaban J connectivity index is 3.17. The van der Waals surface area contributed by atoms with Gasteiger partial charge in [-0.1, -0.05) is 6.92 Å². The molecule has 7 nitrogen and oxygen atoms in total. The number of anilines is 1. The van der Waals surface area contributed by atoms with Gasteiger partial charge in [0, 0.05) is 12.5 Å². The van der Waals surface area contributed by atoms with Gasteiger partial charge in [0.1, 0.15) is 5.69 Å². The predicted octanol–water partition coefficient (Wildman–Crippen LogP) is 1.64. The lowest BCUT2D eigenvalue weighted by atomic mass is 10.1. The fourth-order valence-corrected chi connectivity index (χ4v) is 1.16. The van der Waals surface area contributed by atoms with E-state index in [4.69, 9.17) is 5.11 Å². The molecule has 1 amide bonds. The standard InChI is InChI=1S/C10H10N2O5/c1-2-9(13)11-7-4-3-6(10(14)15)5-8(7)12(16)17/h3-5H,2H2,1H3,(H,11,13)(H,14,15). The Bertz CT molecular complexity index is 484. The Morgan fingerprint density at radius 3 is 2.59 bits per heavy atom. The van der Waals surface area contributed by atoms with Crippen LogP contribution in [0.15, 0.2) is 18.2 Å². The van der Waals surface area contributed by atoms with Gasteiger partial charge in [-0.05, 0) is 12.1 Å². The third-order valence-electron chi connectivity index (χ3n) is 2.04.